The zero-order chi connectivity index (χ0) is 18.1. The van der Waals surface area contributed by atoms with Crippen molar-refractivity contribution in [2.75, 3.05) is 25.4 Å². The van der Waals surface area contributed by atoms with Gasteiger partial charge >= 0.3 is 0 Å². The molecule has 3 aliphatic rings. The van der Waals surface area contributed by atoms with Crippen LogP contribution in [-0.2, 0) is 9.59 Å². The summed E-state index contributed by atoms with van der Waals surface area (Å²) < 4.78 is 0. The number of hydrogen-bond acceptors (Lipinski definition) is 3. The van der Waals surface area contributed by atoms with Gasteiger partial charge in [-0.1, -0.05) is 36.2 Å². The van der Waals surface area contributed by atoms with Crippen LogP contribution in [0.4, 0.5) is 0 Å². The van der Waals surface area contributed by atoms with Crippen molar-refractivity contribution in [3.05, 3.63) is 34.9 Å². The molecule has 1 aromatic carbocycles. The van der Waals surface area contributed by atoms with E-state index in [0.717, 1.165) is 55.9 Å². The van der Waals surface area contributed by atoms with E-state index in [4.69, 9.17) is 11.6 Å². The van der Waals surface area contributed by atoms with E-state index in [1.54, 1.807) is 11.8 Å². The minimum absolute atomic E-state index is 0.0193. The van der Waals surface area contributed by atoms with Gasteiger partial charge in [0.2, 0.25) is 11.8 Å². The number of benzene rings is 1. The maximum absolute atomic E-state index is 12.4. The second-order valence-corrected chi connectivity index (χ2v) is 9.10. The second-order valence-electron chi connectivity index (χ2n) is 7.63. The number of likely N-dealkylation sites (tertiary alicyclic amines) is 1. The molecule has 6 heteroatoms. The number of carbonyl (C=O) groups is 2. The molecule has 3 fully saturated rings. The third-order valence-electron chi connectivity index (χ3n) is 5.97. The van der Waals surface area contributed by atoms with Gasteiger partial charge in [0.1, 0.15) is 5.37 Å². The molecule has 0 aromatic heterocycles. The predicted octanol–water partition coefficient (Wildman–Crippen LogP) is 3.95. The predicted molar refractivity (Wildman–Crippen MR) is 105 cm³/mol. The fraction of sp³-hybridized carbons (Fsp3) is 0.600. The Morgan fingerprint density at radius 3 is 2.54 bits per heavy atom. The third kappa shape index (κ3) is 3.61. The molecule has 0 N–H and O–H groups in total. The number of amides is 2. The van der Waals surface area contributed by atoms with Gasteiger partial charge in [0, 0.05) is 36.1 Å². The minimum Gasteiger partial charge on any atom is -0.342 e. The molecule has 1 aromatic rings. The molecule has 1 saturated carbocycles. The number of halogens is 1. The van der Waals surface area contributed by atoms with E-state index in [9.17, 15) is 9.59 Å². The first kappa shape index (κ1) is 18.2. The van der Waals surface area contributed by atoms with Crippen LogP contribution in [0, 0.1) is 11.8 Å². The maximum Gasteiger partial charge on any atom is 0.233 e. The lowest BCUT2D eigenvalue weighted by Crippen LogP contribution is -2.45. The zero-order valence-electron chi connectivity index (χ0n) is 14.9. The molecule has 2 saturated heterocycles. The van der Waals surface area contributed by atoms with Crippen molar-refractivity contribution in [2.45, 2.75) is 37.5 Å². The van der Waals surface area contributed by atoms with Crippen molar-refractivity contribution in [3.63, 3.8) is 0 Å². The number of nitrogens with zero attached hydrogens (tertiary/aromatic N) is 2. The van der Waals surface area contributed by atoms with Gasteiger partial charge < -0.3 is 9.80 Å². The van der Waals surface area contributed by atoms with Crippen LogP contribution in [0.25, 0.3) is 0 Å². The van der Waals surface area contributed by atoms with E-state index < -0.39 is 0 Å². The Balaban J connectivity index is 1.36. The quantitative estimate of drug-likeness (QED) is 0.778. The molecule has 4 rings (SSSR count). The van der Waals surface area contributed by atoms with E-state index in [0.29, 0.717) is 17.6 Å². The average molecular weight is 393 g/mol. The van der Waals surface area contributed by atoms with Crippen molar-refractivity contribution in [3.8, 4) is 0 Å². The molecule has 4 nitrogen and oxygen atoms in total. The standard InChI is InChI=1S/C20H25ClN2O2S/c21-17-7-2-1-6-16(17)20-23(18(24)13-26-20)12-14-8-10-22(11-9-14)19(25)15-4-3-5-15/h1-2,6-7,14-15,20H,3-5,8-13H2. The maximum atomic E-state index is 12.4. The van der Waals surface area contributed by atoms with Gasteiger partial charge in [0.15, 0.2) is 0 Å². The summed E-state index contributed by atoms with van der Waals surface area (Å²) in [6.45, 7) is 2.45. The first-order valence-electron chi connectivity index (χ1n) is 9.58. The normalized spacial score (nSPS) is 24.8. The van der Waals surface area contributed by atoms with Gasteiger partial charge in [0.05, 0.1) is 5.75 Å². The number of hydrogen-bond donors (Lipinski definition) is 0. The smallest absolute Gasteiger partial charge is 0.233 e. The lowest BCUT2D eigenvalue weighted by molar-refractivity contribution is -0.140. The first-order chi connectivity index (χ1) is 12.6. The Morgan fingerprint density at radius 1 is 1.15 bits per heavy atom. The van der Waals surface area contributed by atoms with E-state index in [1.807, 2.05) is 34.1 Å². The molecule has 2 aliphatic heterocycles. The van der Waals surface area contributed by atoms with Crippen LogP contribution >= 0.6 is 23.4 Å². The molecular formula is C20H25ClN2O2S. The summed E-state index contributed by atoms with van der Waals surface area (Å²) in [5.41, 5.74) is 1.03. The van der Waals surface area contributed by atoms with Gasteiger partial charge in [0.25, 0.3) is 0 Å². The monoisotopic (exact) mass is 392 g/mol. The van der Waals surface area contributed by atoms with Crippen LogP contribution in [-0.4, -0.2) is 47.0 Å². The summed E-state index contributed by atoms with van der Waals surface area (Å²) >= 11 is 8.03. The van der Waals surface area contributed by atoms with Gasteiger partial charge in [-0.25, -0.2) is 0 Å². The molecule has 0 spiro atoms. The Kier molecular flexibility index (Phi) is 5.46. The van der Waals surface area contributed by atoms with Crippen molar-refractivity contribution < 1.29 is 9.59 Å². The van der Waals surface area contributed by atoms with Crippen LogP contribution in [0.2, 0.25) is 5.02 Å². The summed E-state index contributed by atoms with van der Waals surface area (Å²) in [6.07, 6.45) is 5.31. The van der Waals surface area contributed by atoms with Crippen LogP contribution in [0.1, 0.15) is 43.0 Å². The molecule has 0 radical (unpaired) electrons. The summed E-state index contributed by atoms with van der Waals surface area (Å²) in [5, 5.41) is 0.747. The van der Waals surface area contributed by atoms with Crippen LogP contribution in [0.5, 0.6) is 0 Å². The largest absolute Gasteiger partial charge is 0.342 e. The summed E-state index contributed by atoms with van der Waals surface area (Å²) in [7, 11) is 0. The summed E-state index contributed by atoms with van der Waals surface area (Å²) in [4.78, 5) is 28.9. The highest BCUT2D eigenvalue weighted by Gasteiger charge is 2.37. The molecule has 0 bridgehead atoms. The van der Waals surface area contributed by atoms with Crippen LogP contribution in [0.15, 0.2) is 24.3 Å². The average Bonchev–Trinajstić information content (AvgIpc) is 2.95. The molecule has 2 amide bonds. The van der Waals surface area contributed by atoms with Gasteiger partial charge in [-0.3, -0.25) is 9.59 Å². The Morgan fingerprint density at radius 2 is 1.88 bits per heavy atom. The molecule has 140 valence electrons. The molecule has 1 atom stereocenters. The fourth-order valence-electron chi connectivity index (χ4n) is 4.11. The molecular weight excluding hydrogens is 368 g/mol. The number of thioether (sulfide) groups is 1. The van der Waals surface area contributed by atoms with E-state index in [1.165, 1.54) is 6.42 Å². The van der Waals surface area contributed by atoms with Gasteiger partial charge in [-0.2, -0.15) is 0 Å². The van der Waals surface area contributed by atoms with E-state index in [-0.39, 0.29) is 17.2 Å². The second kappa shape index (κ2) is 7.81. The first-order valence-corrected chi connectivity index (χ1v) is 11.0. The van der Waals surface area contributed by atoms with Crippen LogP contribution < -0.4 is 0 Å². The molecule has 1 aliphatic carbocycles. The fourth-order valence-corrected chi connectivity index (χ4v) is 5.65. The van der Waals surface area contributed by atoms with Crippen molar-refractivity contribution in [2.24, 2.45) is 11.8 Å². The number of carbonyl (C=O) groups excluding carboxylic acids is 2. The van der Waals surface area contributed by atoms with Crippen LogP contribution in [0.3, 0.4) is 0 Å². The molecule has 1 unspecified atom stereocenters. The zero-order valence-corrected chi connectivity index (χ0v) is 16.5. The highest BCUT2D eigenvalue weighted by Crippen LogP contribution is 2.42. The topological polar surface area (TPSA) is 40.6 Å². The van der Waals surface area contributed by atoms with Gasteiger partial charge in [-0.15, -0.1) is 11.8 Å². The van der Waals surface area contributed by atoms with E-state index >= 15 is 0 Å². The highest BCUT2D eigenvalue weighted by molar-refractivity contribution is 8.00. The Labute approximate surface area is 164 Å². The van der Waals surface area contributed by atoms with Crippen molar-refractivity contribution in [1.82, 2.24) is 9.80 Å². The lowest BCUT2D eigenvalue weighted by Gasteiger charge is -2.38. The van der Waals surface area contributed by atoms with Gasteiger partial charge in [-0.05, 0) is 37.7 Å². The minimum atomic E-state index is 0.0193. The number of piperidine rings is 1. The van der Waals surface area contributed by atoms with E-state index in [2.05, 4.69) is 0 Å². The Bertz CT molecular complexity index is 686. The SMILES string of the molecule is O=C(C1CCC1)N1CCC(CN2C(=O)CSC2c2ccccc2Cl)CC1. The Hall–Kier alpha value is -1.20. The number of rotatable bonds is 4. The summed E-state index contributed by atoms with van der Waals surface area (Å²) in [5.74, 6) is 1.83. The molecule has 26 heavy (non-hydrogen) atoms. The van der Waals surface area contributed by atoms with Crippen molar-refractivity contribution >= 4 is 35.2 Å². The highest BCUT2D eigenvalue weighted by atomic mass is 35.5. The lowest BCUT2D eigenvalue weighted by atomic mass is 9.83. The molecule has 2 heterocycles. The summed E-state index contributed by atoms with van der Waals surface area (Å²) in [6, 6.07) is 7.81. The van der Waals surface area contributed by atoms with Crippen molar-refractivity contribution in [1.29, 1.82) is 0 Å². The third-order valence-corrected chi connectivity index (χ3v) is 7.56.